The number of nitrogens with zero attached hydrogens (tertiary/aromatic N) is 4. The van der Waals surface area contributed by atoms with Gasteiger partial charge in [0.25, 0.3) is 0 Å². The quantitative estimate of drug-likeness (QED) is 0.492. The van der Waals surface area contributed by atoms with E-state index >= 15 is 0 Å². The van der Waals surface area contributed by atoms with Crippen LogP contribution in [-0.2, 0) is 28.3 Å². The lowest BCUT2D eigenvalue weighted by molar-refractivity contribution is -0.115. The third-order valence-corrected chi connectivity index (χ3v) is 8.65. The van der Waals surface area contributed by atoms with E-state index in [0.717, 1.165) is 24.2 Å². The Morgan fingerprint density at radius 3 is 2.39 bits per heavy atom. The first kappa shape index (κ1) is 23.5. The Bertz CT molecular complexity index is 1200. The maximum absolute atomic E-state index is 12.7. The van der Waals surface area contributed by atoms with Crippen molar-refractivity contribution in [3.8, 4) is 0 Å². The van der Waals surface area contributed by atoms with Crippen LogP contribution in [0.2, 0.25) is 0 Å². The molecule has 1 aliphatic heterocycles. The Hall–Kier alpha value is -2.69. The molecule has 1 saturated heterocycles. The van der Waals surface area contributed by atoms with Gasteiger partial charge in [0.1, 0.15) is 5.82 Å². The monoisotopic (exact) mass is 485 g/mol. The van der Waals surface area contributed by atoms with Gasteiger partial charge < -0.3 is 9.88 Å². The number of hydrogen-bond acceptors (Lipinski definition) is 6. The average molecular weight is 486 g/mol. The zero-order chi connectivity index (χ0) is 23.4. The van der Waals surface area contributed by atoms with Gasteiger partial charge in [-0.2, -0.15) is 4.31 Å². The molecule has 3 aromatic rings. The summed E-state index contributed by atoms with van der Waals surface area (Å²) in [5.41, 5.74) is 1.70. The maximum atomic E-state index is 12.7. The number of sulfonamides is 1. The number of carbonyl (C=O) groups is 1. The van der Waals surface area contributed by atoms with Crippen molar-refractivity contribution < 1.29 is 13.2 Å². The second-order valence-corrected chi connectivity index (χ2v) is 11.3. The Morgan fingerprint density at radius 1 is 1.06 bits per heavy atom. The third kappa shape index (κ3) is 5.45. The number of aromatic nitrogens is 3. The molecule has 8 nitrogen and oxygen atoms in total. The van der Waals surface area contributed by atoms with E-state index in [9.17, 15) is 13.2 Å². The Kier molecular flexibility index (Phi) is 7.16. The molecule has 33 heavy (non-hydrogen) atoms. The van der Waals surface area contributed by atoms with Crippen LogP contribution in [0.15, 0.2) is 64.6 Å². The molecule has 10 heteroatoms. The lowest BCUT2D eigenvalue weighted by Gasteiger charge is -2.16. The predicted octanol–water partition coefficient (Wildman–Crippen LogP) is 3.31. The van der Waals surface area contributed by atoms with E-state index in [-0.39, 0.29) is 10.8 Å². The summed E-state index contributed by atoms with van der Waals surface area (Å²) in [5, 5.41) is 11.6. The summed E-state index contributed by atoms with van der Waals surface area (Å²) in [7, 11) is -1.57. The highest BCUT2D eigenvalue weighted by Gasteiger charge is 2.27. The van der Waals surface area contributed by atoms with Crippen molar-refractivity contribution in [1.82, 2.24) is 19.1 Å². The molecule has 0 bridgehead atoms. The van der Waals surface area contributed by atoms with Gasteiger partial charge in [0.15, 0.2) is 5.16 Å². The van der Waals surface area contributed by atoms with Gasteiger partial charge in [-0.1, -0.05) is 42.1 Å². The highest BCUT2D eigenvalue weighted by atomic mass is 32.2. The van der Waals surface area contributed by atoms with Crippen LogP contribution < -0.4 is 5.32 Å². The van der Waals surface area contributed by atoms with Crippen molar-refractivity contribution >= 4 is 33.4 Å². The number of benzene rings is 2. The summed E-state index contributed by atoms with van der Waals surface area (Å²) in [6.07, 6.45) is 2.45. The van der Waals surface area contributed by atoms with Crippen molar-refractivity contribution in [1.29, 1.82) is 0 Å². The van der Waals surface area contributed by atoms with E-state index < -0.39 is 15.3 Å². The molecule has 1 unspecified atom stereocenters. The molecule has 1 amide bonds. The van der Waals surface area contributed by atoms with Crippen LogP contribution in [0.1, 0.15) is 31.2 Å². The van der Waals surface area contributed by atoms with E-state index in [1.54, 1.807) is 31.2 Å². The first-order chi connectivity index (χ1) is 15.8. The minimum atomic E-state index is -3.47. The number of rotatable bonds is 8. The summed E-state index contributed by atoms with van der Waals surface area (Å²) in [6.45, 7) is 2.92. The number of nitrogens with one attached hydrogen (secondary N) is 1. The fourth-order valence-corrected chi connectivity index (χ4v) is 5.97. The van der Waals surface area contributed by atoms with E-state index in [2.05, 4.69) is 15.5 Å². The Morgan fingerprint density at radius 2 is 1.73 bits per heavy atom. The standard InChI is InChI=1S/C23H27N5O3S2/c1-17(32-23-26-25-21(27(23)2)16-18-8-4-3-5-9-18)22(29)24-19-10-12-20(13-11-19)33(30,31)28-14-6-7-15-28/h3-5,8-13,17H,6-7,14-16H2,1-2H3,(H,24,29). The van der Waals surface area contributed by atoms with Gasteiger partial charge in [-0.15, -0.1) is 10.2 Å². The minimum absolute atomic E-state index is 0.192. The highest BCUT2D eigenvalue weighted by Crippen LogP contribution is 2.25. The zero-order valence-corrected chi connectivity index (χ0v) is 20.3. The summed E-state index contributed by atoms with van der Waals surface area (Å²) in [4.78, 5) is 12.9. The van der Waals surface area contributed by atoms with Crippen molar-refractivity contribution in [2.75, 3.05) is 18.4 Å². The van der Waals surface area contributed by atoms with Crippen LogP contribution in [0.3, 0.4) is 0 Å². The molecule has 2 aromatic carbocycles. The molecule has 1 aromatic heterocycles. The number of carbonyl (C=O) groups excluding carboxylic acids is 1. The second-order valence-electron chi connectivity index (χ2n) is 8.01. The Labute approximate surface area is 198 Å². The van der Waals surface area contributed by atoms with Gasteiger partial charge in [-0.3, -0.25) is 4.79 Å². The molecular formula is C23H27N5O3S2. The first-order valence-corrected chi connectivity index (χ1v) is 13.2. The molecule has 4 rings (SSSR count). The van der Waals surface area contributed by atoms with Crippen LogP contribution >= 0.6 is 11.8 Å². The Balaban J connectivity index is 1.36. The lowest BCUT2D eigenvalue weighted by atomic mass is 10.1. The fourth-order valence-electron chi connectivity index (χ4n) is 3.62. The van der Waals surface area contributed by atoms with Crippen molar-refractivity contribution in [3.63, 3.8) is 0 Å². The summed E-state index contributed by atoms with van der Waals surface area (Å²) in [6, 6.07) is 16.4. The molecule has 1 aliphatic rings. The highest BCUT2D eigenvalue weighted by molar-refractivity contribution is 8.00. The second kappa shape index (κ2) is 10.1. The lowest BCUT2D eigenvalue weighted by Crippen LogP contribution is -2.27. The van der Waals surface area contributed by atoms with Crippen molar-refractivity contribution in [3.05, 3.63) is 66.0 Å². The van der Waals surface area contributed by atoms with Crippen LogP contribution in [0, 0.1) is 0 Å². The van der Waals surface area contributed by atoms with Crippen LogP contribution in [0.4, 0.5) is 5.69 Å². The number of thioether (sulfide) groups is 1. The molecule has 0 saturated carbocycles. The topological polar surface area (TPSA) is 97.2 Å². The molecule has 174 valence electrons. The first-order valence-electron chi connectivity index (χ1n) is 10.8. The van der Waals surface area contributed by atoms with E-state index in [4.69, 9.17) is 0 Å². The summed E-state index contributed by atoms with van der Waals surface area (Å²) >= 11 is 1.33. The molecule has 2 heterocycles. The number of hydrogen-bond donors (Lipinski definition) is 1. The average Bonchev–Trinajstić information content (AvgIpc) is 3.47. The van der Waals surface area contributed by atoms with Gasteiger partial charge in [-0.05, 0) is 49.6 Å². The van der Waals surface area contributed by atoms with E-state index in [1.165, 1.54) is 16.1 Å². The van der Waals surface area contributed by atoms with E-state index in [0.29, 0.717) is 30.4 Å². The molecule has 0 spiro atoms. The largest absolute Gasteiger partial charge is 0.325 e. The van der Waals surface area contributed by atoms with Crippen LogP contribution in [0.5, 0.6) is 0 Å². The van der Waals surface area contributed by atoms with Gasteiger partial charge in [0.2, 0.25) is 15.9 Å². The molecular weight excluding hydrogens is 458 g/mol. The molecule has 0 aliphatic carbocycles. The van der Waals surface area contributed by atoms with Crippen LogP contribution in [-0.4, -0.2) is 51.7 Å². The molecule has 1 fully saturated rings. The minimum Gasteiger partial charge on any atom is -0.325 e. The van der Waals surface area contributed by atoms with E-state index in [1.807, 2.05) is 41.9 Å². The molecule has 1 atom stereocenters. The third-order valence-electron chi connectivity index (χ3n) is 5.61. The zero-order valence-electron chi connectivity index (χ0n) is 18.6. The maximum Gasteiger partial charge on any atom is 0.243 e. The predicted molar refractivity (Wildman–Crippen MR) is 129 cm³/mol. The number of anilines is 1. The summed E-state index contributed by atoms with van der Waals surface area (Å²) < 4.78 is 28.7. The van der Waals surface area contributed by atoms with Crippen LogP contribution in [0.25, 0.3) is 0 Å². The molecule has 0 radical (unpaired) electrons. The van der Waals surface area contributed by atoms with Gasteiger partial charge in [-0.25, -0.2) is 8.42 Å². The van der Waals surface area contributed by atoms with Gasteiger partial charge in [0.05, 0.1) is 10.1 Å². The normalized spacial score (nSPS) is 15.5. The van der Waals surface area contributed by atoms with Gasteiger partial charge in [0, 0.05) is 32.2 Å². The van der Waals surface area contributed by atoms with Crippen molar-refractivity contribution in [2.24, 2.45) is 7.05 Å². The van der Waals surface area contributed by atoms with Gasteiger partial charge >= 0.3 is 0 Å². The van der Waals surface area contributed by atoms with Crippen molar-refractivity contribution in [2.45, 2.75) is 41.5 Å². The molecule has 1 N–H and O–H groups in total. The summed E-state index contributed by atoms with van der Waals surface area (Å²) in [5.74, 6) is 0.633. The fraction of sp³-hybridized carbons (Fsp3) is 0.348. The number of amides is 1. The SMILES string of the molecule is CC(Sc1nnc(Cc2ccccc2)n1C)C(=O)Nc1ccc(S(=O)(=O)N2CCCC2)cc1. The smallest absolute Gasteiger partial charge is 0.243 e.